The molecule has 2 aromatic carbocycles. The smallest absolute Gasteiger partial charge is 0.407 e. The van der Waals surface area contributed by atoms with Gasteiger partial charge in [0.2, 0.25) is 5.91 Å². The van der Waals surface area contributed by atoms with Crippen molar-refractivity contribution in [2.75, 3.05) is 19.7 Å². The van der Waals surface area contributed by atoms with E-state index in [2.05, 4.69) is 29.6 Å². The van der Waals surface area contributed by atoms with Gasteiger partial charge in [0.25, 0.3) is 0 Å². The van der Waals surface area contributed by atoms with Gasteiger partial charge in [-0.05, 0) is 61.8 Å². The first kappa shape index (κ1) is 24.8. The largest absolute Gasteiger partial charge is 0.480 e. The second-order valence-electron chi connectivity index (χ2n) is 10.5. The SMILES string of the molecule is CC(C)(C)N(CC(=O)O)C(=O)C(CNC(=O)OCC1c2ccccc2-c2ccccc21)C1CCC1. The lowest BCUT2D eigenvalue weighted by Crippen LogP contribution is -2.54. The number of hydrogen-bond donors (Lipinski definition) is 2. The summed E-state index contributed by atoms with van der Waals surface area (Å²) in [5.41, 5.74) is 3.96. The van der Waals surface area contributed by atoms with Crippen molar-refractivity contribution >= 4 is 18.0 Å². The number of nitrogens with one attached hydrogen (secondary N) is 1. The van der Waals surface area contributed by atoms with Gasteiger partial charge in [0.05, 0.1) is 5.92 Å². The Morgan fingerprint density at radius 2 is 1.60 bits per heavy atom. The van der Waals surface area contributed by atoms with Crippen LogP contribution in [0.2, 0.25) is 0 Å². The fourth-order valence-electron chi connectivity index (χ4n) is 5.12. The van der Waals surface area contributed by atoms with E-state index < -0.39 is 23.5 Å². The van der Waals surface area contributed by atoms with Gasteiger partial charge in [0, 0.05) is 18.0 Å². The molecular weight excluding hydrogens is 444 g/mol. The molecule has 186 valence electrons. The molecule has 1 saturated carbocycles. The first-order valence-corrected chi connectivity index (χ1v) is 12.3. The number of aliphatic carboxylic acids is 1. The molecule has 2 N–H and O–H groups in total. The van der Waals surface area contributed by atoms with Crippen molar-refractivity contribution in [3.05, 3.63) is 59.7 Å². The van der Waals surface area contributed by atoms with Crippen LogP contribution in [0.4, 0.5) is 4.79 Å². The van der Waals surface area contributed by atoms with Gasteiger partial charge in [0.1, 0.15) is 13.2 Å². The molecule has 0 heterocycles. The lowest BCUT2D eigenvalue weighted by Gasteiger charge is -2.41. The molecule has 2 aromatic rings. The summed E-state index contributed by atoms with van der Waals surface area (Å²) in [7, 11) is 0. The average molecular weight is 479 g/mol. The van der Waals surface area contributed by atoms with Crippen LogP contribution in [-0.2, 0) is 14.3 Å². The van der Waals surface area contributed by atoms with Crippen LogP contribution in [0.1, 0.15) is 57.1 Å². The number of amides is 2. The zero-order valence-electron chi connectivity index (χ0n) is 20.6. The van der Waals surface area contributed by atoms with Crippen LogP contribution in [0.25, 0.3) is 11.1 Å². The van der Waals surface area contributed by atoms with Crippen molar-refractivity contribution in [2.45, 2.75) is 51.5 Å². The number of carbonyl (C=O) groups is 3. The van der Waals surface area contributed by atoms with E-state index in [0.717, 1.165) is 41.5 Å². The van der Waals surface area contributed by atoms with Gasteiger partial charge >= 0.3 is 12.1 Å². The maximum atomic E-state index is 13.4. The molecule has 1 fully saturated rings. The molecule has 0 saturated heterocycles. The zero-order valence-corrected chi connectivity index (χ0v) is 20.6. The molecule has 2 amide bonds. The highest BCUT2D eigenvalue weighted by Gasteiger charge is 2.39. The van der Waals surface area contributed by atoms with E-state index in [1.54, 1.807) is 0 Å². The molecular formula is C28H34N2O5. The van der Waals surface area contributed by atoms with E-state index in [1.165, 1.54) is 4.90 Å². The Morgan fingerprint density at radius 1 is 1.03 bits per heavy atom. The number of alkyl carbamates (subject to hydrolysis) is 1. The van der Waals surface area contributed by atoms with Gasteiger partial charge in [-0.2, -0.15) is 0 Å². The maximum Gasteiger partial charge on any atom is 0.407 e. The normalized spacial score (nSPS) is 16.0. The van der Waals surface area contributed by atoms with Crippen LogP contribution in [-0.4, -0.2) is 53.2 Å². The standard InChI is InChI=1S/C28H34N2O5/c1-28(2,3)30(16-25(31)32)26(33)23(18-9-8-10-18)15-29-27(34)35-17-24-21-13-6-4-11-19(21)20-12-5-7-14-22(20)24/h4-7,11-14,18,23-24H,8-10,15-17H2,1-3H3,(H,29,34)(H,31,32). The number of nitrogens with zero attached hydrogens (tertiary/aromatic N) is 1. The van der Waals surface area contributed by atoms with Crippen LogP contribution in [0, 0.1) is 11.8 Å². The maximum absolute atomic E-state index is 13.4. The minimum absolute atomic E-state index is 0.0378. The number of carboxylic acids is 1. The lowest BCUT2D eigenvalue weighted by atomic mass is 9.75. The Labute approximate surface area is 206 Å². The predicted molar refractivity (Wildman–Crippen MR) is 133 cm³/mol. The fraction of sp³-hybridized carbons (Fsp3) is 0.464. The van der Waals surface area contributed by atoms with Crippen LogP contribution >= 0.6 is 0 Å². The molecule has 0 aromatic heterocycles. The van der Waals surface area contributed by atoms with E-state index in [4.69, 9.17) is 4.74 Å². The number of fused-ring (bicyclic) bond motifs is 3. The predicted octanol–water partition coefficient (Wildman–Crippen LogP) is 4.65. The second-order valence-corrected chi connectivity index (χ2v) is 10.5. The van der Waals surface area contributed by atoms with Crippen LogP contribution in [0.5, 0.6) is 0 Å². The molecule has 0 radical (unpaired) electrons. The summed E-state index contributed by atoms with van der Waals surface area (Å²) < 4.78 is 5.62. The summed E-state index contributed by atoms with van der Waals surface area (Å²) in [6.45, 7) is 5.44. The minimum Gasteiger partial charge on any atom is -0.480 e. The van der Waals surface area contributed by atoms with E-state index in [-0.39, 0.29) is 37.4 Å². The number of ether oxygens (including phenoxy) is 1. The third kappa shape index (κ3) is 5.34. The lowest BCUT2D eigenvalue weighted by molar-refractivity contribution is -0.152. The van der Waals surface area contributed by atoms with Crippen molar-refractivity contribution in [2.24, 2.45) is 11.8 Å². The highest BCUT2D eigenvalue weighted by atomic mass is 16.5. The molecule has 35 heavy (non-hydrogen) atoms. The summed E-state index contributed by atoms with van der Waals surface area (Å²) in [5.74, 6) is -1.66. The monoisotopic (exact) mass is 478 g/mol. The van der Waals surface area contributed by atoms with Gasteiger partial charge in [-0.1, -0.05) is 55.0 Å². The van der Waals surface area contributed by atoms with Crippen molar-refractivity contribution in [3.63, 3.8) is 0 Å². The highest BCUT2D eigenvalue weighted by molar-refractivity contribution is 5.85. The van der Waals surface area contributed by atoms with Gasteiger partial charge < -0.3 is 20.1 Å². The number of carbonyl (C=O) groups excluding carboxylic acids is 2. The molecule has 2 aliphatic rings. The second kappa shape index (κ2) is 10.1. The molecule has 0 spiro atoms. The third-order valence-corrected chi connectivity index (χ3v) is 7.22. The Hall–Kier alpha value is -3.35. The first-order valence-electron chi connectivity index (χ1n) is 12.3. The molecule has 0 bridgehead atoms. The number of hydrogen-bond acceptors (Lipinski definition) is 4. The summed E-state index contributed by atoms with van der Waals surface area (Å²) in [4.78, 5) is 38.9. The van der Waals surface area contributed by atoms with Crippen molar-refractivity contribution in [1.82, 2.24) is 10.2 Å². The summed E-state index contributed by atoms with van der Waals surface area (Å²) in [6.07, 6.45) is 2.26. The average Bonchev–Trinajstić information content (AvgIpc) is 3.10. The molecule has 4 rings (SSSR count). The Bertz CT molecular complexity index is 1060. The minimum atomic E-state index is -1.05. The summed E-state index contributed by atoms with van der Waals surface area (Å²) in [5, 5.41) is 12.1. The van der Waals surface area contributed by atoms with Crippen molar-refractivity contribution < 1.29 is 24.2 Å². The van der Waals surface area contributed by atoms with Gasteiger partial charge in [-0.3, -0.25) is 9.59 Å². The van der Waals surface area contributed by atoms with E-state index in [1.807, 2.05) is 45.0 Å². The third-order valence-electron chi connectivity index (χ3n) is 7.22. The Morgan fingerprint density at radius 3 is 2.09 bits per heavy atom. The van der Waals surface area contributed by atoms with Gasteiger partial charge in [-0.25, -0.2) is 4.79 Å². The topological polar surface area (TPSA) is 95.9 Å². The quantitative estimate of drug-likeness (QED) is 0.576. The Balaban J connectivity index is 1.40. The fourth-order valence-corrected chi connectivity index (χ4v) is 5.12. The first-order chi connectivity index (χ1) is 16.7. The van der Waals surface area contributed by atoms with Crippen molar-refractivity contribution in [1.29, 1.82) is 0 Å². The van der Waals surface area contributed by atoms with Crippen molar-refractivity contribution in [3.8, 4) is 11.1 Å². The van der Waals surface area contributed by atoms with E-state index in [0.29, 0.717) is 0 Å². The molecule has 1 unspecified atom stereocenters. The Kier molecular flexibility index (Phi) is 7.15. The highest BCUT2D eigenvalue weighted by Crippen LogP contribution is 2.44. The van der Waals surface area contributed by atoms with Crippen LogP contribution < -0.4 is 5.32 Å². The number of benzene rings is 2. The van der Waals surface area contributed by atoms with Crippen LogP contribution in [0.3, 0.4) is 0 Å². The summed E-state index contributed by atoms with van der Waals surface area (Å²) >= 11 is 0. The molecule has 2 aliphatic carbocycles. The van der Waals surface area contributed by atoms with Gasteiger partial charge in [0.15, 0.2) is 0 Å². The van der Waals surface area contributed by atoms with E-state index in [9.17, 15) is 19.5 Å². The van der Waals surface area contributed by atoms with E-state index >= 15 is 0 Å². The molecule has 0 aliphatic heterocycles. The molecule has 1 atom stereocenters. The summed E-state index contributed by atoms with van der Waals surface area (Å²) in [6, 6.07) is 16.3. The molecule has 7 heteroatoms. The number of rotatable bonds is 8. The van der Waals surface area contributed by atoms with Gasteiger partial charge in [-0.15, -0.1) is 0 Å². The van der Waals surface area contributed by atoms with Crippen LogP contribution in [0.15, 0.2) is 48.5 Å². The molecule has 7 nitrogen and oxygen atoms in total. The zero-order chi connectivity index (χ0) is 25.2. The number of carboxylic acid groups (broad SMARTS) is 1.